The number of benzene rings is 1. The van der Waals surface area contributed by atoms with Crippen LogP contribution in [0.5, 0.6) is 0 Å². The lowest BCUT2D eigenvalue weighted by atomic mass is 10.0. The smallest absolute Gasteiger partial charge is 0.338 e. The molecule has 1 aliphatic rings. The van der Waals surface area contributed by atoms with E-state index in [1.54, 1.807) is 18.4 Å². The highest BCUT2D eigenvalue weighted by molar-refractivity contribution is 7.10. The molecule has 0 saturated heterocycles. The van der Waals surface area contributed by atoms with E-state index in [9.17, 15) is 9.59 Å². The Morgan fingerprint density at radius 3 is 2.81 bits per heavy atom. The van der Waals surface area contributed by atoms with Crippen LogP contribution in [0.3, 0.4) is 0 Å². The van der Waals surface area contributed by atoms with Gasteiger partial charge in [-0.1, -0.05) is 35.6 Å². The maximum atomic E-state index is 13.6. The first-order valence-electron chi connectivity index (χ1n) is 10.3. The molecule has 162 valence electrons. The summed E-state index contributed by atoms with van der Waals surface area (Å²) in [6.45, 7) is 3.83. The van der Waals surface area contributed by atoms with E-state index in [1.165, 1.54) is 22.7 Å². The molecule has 0 radical (unpaired) electrons. The lowest BCUT2D eigenvalue weighted by Gasteiger charge is -2.23. The van der Waals surface area contributed by atoms with Crippen molar-refractivity contribution in [3.05, 3.63) is 89.4 Å². The van der Waals surface area contributed by atoms with Crippen LogP contribution in [-0.4, -0.2) is 21.7 Å². The predicted molar refractivity (Wildman–Crippen MR) is 128 cm³/mol. The van der Waals surface area contributed by atoms with E-state index in [1.807, 2.05) is 49.0 Å². The number of rotatable bonds is 4. The maximum absolute atomic E-state index is 13.6. The summed E-state index contributed by atoms with van der Waals surface area (Å²) in [6.07, 6.45) is 3.94. The highest BCUT2D eigenvalue weighted by Crippen LogP contribution is 2.33. The SMILES string of the molecule is CCOC(=O)C1=C(C)N=c2s/c(=C\c3cn(C)c4ccccc34)c(=O)n2[C@H]1c1cccs1. The zero-order valence-electron chi connectivity index (χ0n) is 17.9. The molecule has 32 heavy (non-hydrogen) atoms. The van der Waals surface area contributed by atoms with E-state index >= 15 is 0 Å². The van der Waals surface area contributed by atoms with Gasteiger partial charge in [-0.3, -0.25) is 9.36 Å². The minimum absolute atomic E-state index is 0.158. The van der Waals surface area contributed by atoms with Crippen molar-refractivity contribution in [3.63, 3.8) is 0 Å². The van der Waals surface area contributed by atoms with Crippen LogP contribution in [0, 0.1) is 0 Å². The topological polar surface area (TPSA) is 65.6 Å². The standard InChI is InChI=1S/C24H21N3O3S2/c1-4-30-23(29)20-14(2)25-24-27(21(20)18-10-7-11-31-18)22(28)19(32-24)12-15-13-26(3)17-9-6-5-8-16(15)17/h5-13,21H,4H2,1-3H3/b19-12-/t21-/m0/s1. The van der Waals surface area contributed by atoms with Crippen molar-refractivity contribution in [1.82, 2.24) is 9.13 Å². The first-order chi connectivity index (χ1) is 15.5. The Morgan fingerprint density at radius 1 is 1.25 bits per heavy atom. The summed E-state index contributed by atoms with van der Waals surface area (Å²) >= 11 is 2.85. The zero-order chi connectivity index (χ0) is 22.4. The van der Waals surface area contributed by atoms with Crippen molar-refractivity contribution >= 4 is 45.6 Å². The van der Waals surface area contributed by atoms with Gasteiger partial charge in [-0.05, 0) is 37.4 Å². The number of aromatic nitrogens is 2. The normalized spacial score (nSPS) is 16.3. The number of allylic oxidation sites excluding steroid dienone is 1. The van der Waals surface area contributed by atoms with E-state index in [0.29, 0.717) is 20.6 Å². The number of para-hydroxylation sites is 1. The van der Waals surface area contributed by atoms with Crippen LogP contribution in [0.25, 0.3) is 17.0 Å². The van der Waals surface area contributed by atoms with Crippen LogP contribution in [0.1, 0.15) is 30.3 Å². The number of esters is 1. The molecule has 1 atom stereocenters. The van der Waals surface area contributed by atoms with Gasteiger partial charge in [0, 0.05) is 34.6 Å². The van der Waals surface area contributed by atoms with Crippen LogP contribution < -0.4 is 14.9 Å². The third kappa shape index (κ3) is 3.27. The molecule has 0 spiro atoms. The Hall–Kier alpha value is -3.23. The lowest BCUT2D eigenvalue weighted by molar-refractivity contribution is -0.139. The number of aryl methyl sites for hydroxylation is 1. The largest absolute Gasteiger partial charge is 0.463 e. The summed E-state index contributed by atoms with van der Waals surface area (Å²) in [4.78, 5) is 32.5. The third-order valence-corrected chi connectivity index (χ3v) is 7.45. The molecule has 0 N–H and O–H groups in total. The van der Waals surface area contributed by atoms with Gasteiger partial charge in [0.1, 0.15) is 6.04 Å². The Labute approximate surface area is 192 Å². The number of thiophene rings is 1. The quantitative estimate of drug-likeness (QED) is 0.436. The zero-order valence-corrected chi connectivity index (χ0v) is 19.5. The summed E-state index contributed by atoms with van der Waals surface area (Å²) < 4.78 is 9.58. The minimum Gasteiger partial charge on any atom is -0.463 e. The van der Waals surface area contributed by atoms with Gasteiger partial charge in [-0.2, -0.15) is 0 Å². The Balaban J connectivity index is 1.74. The monoisotopic (exact) mass is 463 g/mol. The van der Waals surface area contributed by atoms with Gasteiger partial charge in [0.15, 0.2) is 4.80 Å². The number of fused-ring (bicyclic) bond motifs is 2. The highest BCUT2D eigenvalue weighted by atomic mass is 32.1. The van der Waals surface area contributed by atoms with E-state index in [2.05, 4.69) is 21.7 Å². The highest BCUT2D eigenvalue weighted by Gasteiger charge is 2.33. The average molecular weight is 464 g/mol. The lowest BCUT2D eigenvalue weighted by Crippen LogP contribution is -2.39. The third-order valence-electron chi connectivity index (χ3n) is 5.54. The summed E-state index contributed by atoms with van der Waals surface area (Å²) in [6, 6.07) is 11.4. The number of hydrogen-bond acceptors (Lipinski definition) is 6. The van der Waals surface area contributed by atoms with Gasteiger partial charge in [0.05, 0.1) is 22.4 Å². The molecule has 0 unspecified atom stereocenters. The van der Waals surface area contributed by atoms with Crippen LogP contribution >= 0.6 is 22.7 Å². The maximum Gasteiger partial charge on any atom is 0.338 e. The molecule has 3 aromatic heterocycles. The molecule has 0 fully saturated rings. The van der Waals surface area contributed by atoms with E-state index in [-0.39, 0.29) is 12.2 Å². The molecule has 1 aromatic carbocycles. The van der Waals surface area contributed by atoms with Crippen molar-refractivity contribution < 1.29 is 9.53 Å². The molecule has 6 nitrogen and oxygen atoms in total. The molecule has 0 amide bonds. The summed E-state index contributed by atoms with van der Waals surface area (Å²) in [7, 11) is 1.99. The van der Waals surface area contributed by atoms with Crippen LogP contribution in [0.2, 0.25) is 0 Å². The van der Waals surface area contributed by atoms with Crippen molar-refractivity contribution in [3.8, 4) is 0 Å². The number of thiazole rings is 1. The number of hydrogen-bond donors (Lipinski definition) is 0. The molecular weight excluding hydrogens is 442 g/mol. The van der Waals surface area contributed by atoms with Gasteiger partial charge < -0.3 is 9.30 Å². The van der Waals surface area contributed by atoms with Gasteiger partial charge >= 0.3 is 5.97 Å². The molecule has 4 heterocycles. The van der Waals surface area contributed by atoms with Gasteiger partial charge in [0.2, 0.25) is 0 Å². The second kappa shape index (κ2) is 8.03. The number of carbonyl (C=O) groups is 1. The van der Waals surface area contributed by atoms with Crippen molar-refractivity contribution in [2.75, 3.05) is 6.61 Å². The minimum atomic E-state index is -0.542. The second-order valence-electron chi connectivity index (χ2n) is 7.53. The summed E-state index contributed by atoms with van der Waals surface area (Å²) in [5, 5.41) is 3.03. The summed E-state index contributed by atoms with van der Waals surface area (Å²) in [5.41, 5.74) is 2.92. The Bertz CT molecular complexity index is 1550. The number of nitrogens with zero attached hydrogens (tertiary/aromatic N) is 3. The van der Waals surface area contributed by atoms with E-state index in [4.69, 9.17) is 4.74 Å². The number of carbonyl (C=O) groups excluding carboxylic acids is 1. The number of ether oxygens (including phenoxy) is 1. The molecule has 5 rings (SSSR count). The second-order valence-corrected chi connectivity index (χ2v) is 9.52. The molecule has 0 bridgehead atoms. The fourth-order valence-electron chi connectivity index (χ4n) is 4.14. The molecule has 0 saturated carbocycles. The molecular formula is C24H21N3O3S2. The van der Waals surface area contributed by atoms with Crippen LogP contribution in [-0.2, 0) is 16.6 Å². The fraction of sp³-hybridized carbons (Fsp3) is 0.208. The van der Waals surface area contributed by atoms with Gasteiger partial charge in [0.25, 0.3) is 5.56 Å². The fourth-order valence-corrected chi connectivity index (χ4v) is 6.00. The molecule has 0 aliphatic carbocycles. The Morgan fingerprint density at radius 2 is 2.06 bits per heavy atom. The van der Waals surface area contributed by atoms with E-state index in [0.717, 1.165) is 21.3 Å². The molecule has 4 aromatic rings. The van der Waals surface area contributed by atoms with Gasteiger partial charge in [-0.25, -0.2) is 9.79 Å². The van der Waals surface area contributed by atoms with Gasteiger partial charge in [-0.15, -0.1) is 11.3 Å². The van der Waals surface area contributed by atoms with Crippen molar-refractivity contribution in [2.45, 2.75) is 19.9 Å². The average Bonchev–Trinajstić information content (AvgIpc) is 3.48. The van der Waals surface area contributed by atoms with Crippen molar-refractivity contribution in [2.24, 2.45) is 12.0 Å². The van der Waals surface area contributed by atoms with Crippen LogP contribution in [0.4, 0.5) is 0 Å². The summed E-state index contributed by atoms with van der Waals surface area (Å²) in [5.74, 6) is -0.435. The molecule has 8 heteroatoms. The first-order valence-corrected chi connectivity index (χ1v) is 12.0. The molecule has 1 aliphatic heterocycles. The van der Waals surface area contributed by atoms with Crippen LogP contribution in [0.15, 0.2) is 69.0 Å². The van der Waals surface area contributed by atoms with E-state index < -0.39 is 12.0 Å². The van der Waals surface area contributed by atoms with Crippen molar-refractivity contribution in [1.29, 1.82) is 0 Å². The predicted octanol–water partition coefficient (Wildman–Crippen LogP) is 3.35. The first kappa shape index (κ1) is 20.7. The Kier molecular flexibility index (Phi) is 5.19.